The molecule has 29 heavy (non-hydrogen) atoms. The van der Waals surface area contributed by atoms with Crippen molar-refractivity contribution in [3.63, 3.8) is 0 Å². The molecule has 2 atom stereocenters. The van der Waals surface area contributed by atoms with Gasteiger partial charge in [-0.2, -0.15) is 13.2 Å². The Kier molecular flexibility index (Phi) is 6.24. The van der Waals surface area contributed by atoms with Crippen molar-refractivity contribution in [1.82, 2.24) is 5.32 Å². The number of rotatable bonds is 5. The molecular formula is C19H24F4N2O3S. The van der Waals surface area contributed by atoms with Crippen molar-refractivity contribution < 1.29 is 30.8 Å². The zero-order valence-electron chi connectivity index (χ0n) is 15.7. The molecule has 0 radical (unpaired) electrons. The smallest absolute Gasteiger partial charge is 0.356 e. The van der Waals surface area contributed by atoms with E-state index in [1.54, 1.807) is 0 Å². The average Bonchev–Trinajstić information content (AvgIpc) is 2.59. The molecule has 1 aromatic carbocycles. The highest BCUT2D eigenvalue weighted by molar-refractivity contribution is 7.92. The van der Waals surface area contributed by atoms with Gasteiger partial charge >= 0.3 is 6.18 Å². The van der Waals surface area contributed by atoms with Crippen LogP contribution in [0.5, 0.6) is 0 Å². The van der Waals surface area contributed by atoms with Crippen LogP contribution in [0.25, 0.3) is 0 Å². The van der Waals surface area contributed by atoms with Crippen LogP contribution in [-0.2, 0) is 20.8 Å². The minimum absolute atomic E-state index is 0.0887. The zero-order chi connectivity index (χ0) is 21.4. The number of halogens is 4. The first-order valence-corrected chi connectivity index (χ1v) is 11.2. The molecule has 2 fully saturated rings. The monoisotopic (exact) mass is 436 g/mol. The molecule has 0 saturated heterocycles. The number of amides is 1. The second-order valence-electron chi connectivity index (χ2n) is 7.98. The predicted octanol–water partition coefficient (Wildman–Crippen LogP) is 3.03. The van der Waals surface area contributed by atoms with E-state index in [-0.39, 0.29) is 42.7 Å². The number of hydrogen-bond donors (Lipinski definition) is 2. The van der Waals surface area contributed by atoms with Crippen LogP contribution in [-0.4, -0.2) is 32.2 Å². The molecule has 10 heteroatoms. The highest BCUT2D eigenvalue weighted by atomic mass is 32.2. The van der Waals surface area contributed by atoms with Crippen LogP contribution in [0.4, 0.5) is 17.6 Å². The van der Waals surface area contributed by atoms with Crippen LogP contribution >= 0.6 is 0 Å². The SMILES string of the molecule is N[C@H]1CCCCC1C(=O)NC[C@H]1C[C@H](S(=O)(=O)c2cc(F)cc(C(F)(F)F)c2)C1. The van der Waals surface area contributed by atoms with E-state index in [0.717, 1.165) is 25.7 Å². The predicted molar refractivity (Wildman–Crippen MR) is 98.0 cm³/mol. The lowest BCUT2D eigenvalue weighted by molar-refractivity contribution is -0.138. The van der Waals surface area contributed by atoms with E-state index in [4.69, 9.17) is 5.73 Å². The summed E-state index contributed by atoms with van der Waals surface area (Å²) in [5.41, 5.74) is 4.65. The fourth-order valence-corrected chi connectivity index (χ4v) is 6.04. The fraction of sp³-hybridized carbons (Fsp3) is 0.632. The van der Waals surface area contributed by atoms with Gasteiger partial charge in [-0.3, -0.25) is 4.79 Å². The molecule has 0 heterocycles. The van der Waals surface area contributed by atoms with Crippen molar-refractivity contribution in [2.75, 3.05) is 6.54 Å². The van der Waals surface area contributed by atoms with Crippen LogP contribution in [0.2, 0.25) is 0 Å². The van der Waals surface area contributed by atoms with Gasteiger partial charge in [0.05, 0.1) is 21.6 Å². The lowest BCUT2D eigenvalue weighted by Crippen LogP contribution is -2.47. The number of benzene rings is 1. The van der Waals surface area contributed by atoms with Crippen LogP contribution in [0.1, 0.15) is 44.1 Å². The zero-order valence-corrected chi connectivity index (χ0v) is 16.5. The molecule has 0 spiro atoms. The Bertz CT molecular complexity index is 867. The first kappa shape index (κ1) is 22.0. The number of carbonyl (C=O) groups is 1. The van der Waals surface area contributed by atoms with Crippen LogP contribution < -0.4 is 11.1 Å². The molecule has 1 unspecified atom stereocenters. The normalized spacial score (nSPS) is 27.9. The molecule has 162 valence electrons. The Morgan fingerprint density at radius 3 is 2.41 bits per heavy atom. The summed E-state index contributed by atoms with van der Waals surface area (Å²) in [4.78, 5) is 11.6. The third-order valence-electron chi connectivity index (χ3n) is 5.88. The summed E-state index contributed by atoms with van der Waals surface area (Å²) in [7, 11) is -4.08. The minimum atomic E-state index is -4.83. The first-order chi connectivity index (χ1) is 13.5. The first-order valence-electron chi connectivity index (χ1n) is 9.63. The molecule has 1 amide bonds. The maximum atomic E-state index is 13.5. The average molecular weight is 436 g/mol. The van der Waals surface area contributed by atoms with Gasteiger partial charge in [0, 0.05) is 12.6 Å². The lowest BCUT2D eigenvalue weighted by Gasteiger charge is -2.36. The van der Waals surface area contributed by atoms with Gasteiger partial charge in [-0.15, -0.1) is 0 Å². The Morgan fingerprint density at radius 1 is 1.14 bits per heavy atom. The molecule has 2 aliphatic carbocycles. The van der Waals surface area contributed by atoms with E-state index >= 15 is 0 Å². The van der Waals surface area contributed by atoms with Gasteiger partial charge < -0.3 is 11.1 Å². The molecule has 0 aliphatic heterocycles. The third kappa shape index (κ3) is 4.91. The van der Waals surface area contributed by atoms with Gasteiger partial charge in [-0.1, -0.05) is 12.8 Å². The lowest BCUT2D eigenvalue weighted by atomic mass is 9.83. The Balaban J connectivity index is 1.57. The maximum Gasteiger partial charge on any atom is 0.416 e. The van der Waals surface area contributed by atoms with Gasteiger partial charge in [-0.05, 0) is 49.8 Å². The van der Waals surface area contributed by atoms with Crippen LogP contribution in [0.15, 0.2) is 23.1 Å². The Hall–Kier alpha value is -1.68. The highest BCUT2D eigenvalue weighted by Gasteiger charge is 2.41. The van der Waals surface area contributed by atoms with Crippen molar-refractivity contribution in [3.8, 4) is 0 Å². The summed E-state index contributed by atoms with van der Waals surface area (Å²) in [6, 6.07) is 1.19. The quantitative estimate of drug-likeness (QED) is 0.695. The molecule has 3 N–H and O–H groups in total. The highest BCUT2D eigenvalue weighted by Crippen LogP contribution is 2.38. The van der Waals surface area contributed by atoms with Gasteiger partial charge in [-0.25, -0.2) is 12.8 Å². The molecule has 2 aliphatic rings. The van der Waals surface area contributed by atoms with E-state index < -0.39 is 37.5 Å². The number of alkyl halides is 3. The van der Waals surface area contributed by atoms with Gasteiger partial charge in [0.2, 0.25) is 5.91 Å². The minimum Gasteiger partial charge on any atom is -0.356 e. The van der Waals surface area contributed by atoms with Crippen molar-refractivity contribution in [1.29, 1.82) is 0 Å². The molecule has 1 aromatic rings. The summed E-state index contributed by atoms with van der Waals surface area (Å²) in [5, 5.41) is 1.93. The number of nitrogens with one attached hydrogen (secondary N) is 1. The van der Waals surface area contributed by atoms with Crippen molar-refractivity contribution in [2.45, 2.75) is 60.9 Å². The Morgan fingerprint density at radius 2 is 1.79 bits per heavy atom. The largest absolute Gasteiger partial charge is 0.416 e. The van der Waals surface area contributed by atoms with Crippen molar-refractivity contribution in [2.24, 2.45) is 17.6 Å². The standard InChI is InChI=1S/C19H24F4N2O3S/c20-13-7-12(19(21,22)23)8-15(9-13)29(27,28)14-5-11(6-14)10-25-18(26)16-3-1-2-4-17(16)24/h7-9,11,14,16-17H,1-6,10,24H2,(H,25,26)/t11-,14-,16?,17-/m0/s1. The summed E-state index contributed by atoms with van der Waals surface area (Å²) < 4.78 is 77.2. The maximum absolute atomic E-state index is 13.5. The van der Waals surface area contributed by atoms with Crippen LogP contribution in [0.3, 0.4) is 0 Å². The van der Waals surface area contributed by atoms with E-state index in [1.807, 2.05) is 0 Å². The molecule has 5 nitrogen and oxygen atoms in total. The fourth-order valence-electron chi connectivity index (χ4n) is 4.04. The Labute approximate surface area is 167 Å². The molecule has 3 rings (SSSR count). The summed E-state index contributed by atoms with van der Waals surface area (Å²) >= 11 is 0. The number of hydrogen-bond acceptors (Lipinski definition) is 4. The number of sulfone groups is 1. The second kappa shape index (κ2) is 8.22. The van der Waals surface area contributed by atoms with Gasteiger partial charge in [0.15, 0.2) is 9.84 Å². The van der Waals surface area contributed by atoms with Crippen LogP contribution in [0, 0.1) is 17.7 Å². The molecule has 0 bridgehead atoms. The van der Waals surface area contributed by atoms with Gasteiger partial charge in [0.1, 0.15) is 5.82 Å². The van der Waals surface area contributed by atoms with E-state index in [1.165, 1.54) is 0 Å². The van der Waals surface area contributed by atoms with E-state index in [9.17, 15) is 30.8 Å². The topological polar surface area (TPSA) is 89.3 Å². The molecule has 2 saturated carbocycles. The third-order valence-corrected chi connectivity index (χ3v) is 8.03. The van der Waals surface area contributed by atoms with Crippen molar-refractivity contribution in [3.05, 3.63) is 29.6 Å². The van der Waals surface area contributed by atoms with Gasteiger partial charge in [0.25, 0.3) is 0 Å². The number of carbonyl (C=O) groups excluding carboxylic acids is 1. The number of nitrogens with two attached hydrogens (primary N) is 1. The molecular weight excluding hydrogens is 412 g/mol. The second-order valence-corrected chi connectivity index (χ2v) is 10.2. The summed E-state index contributed by atoms with van der Waals surface area (Å²) in [6.45, 7) is 0.297. The van der Waals surface area contributed by atoms with E-state index in [2.05, 4.69) is 5.32 Å². The summed E-state index contributed by atoms with van der Waals surface area (Å²) in [5.74, 6) is -1.71. The van der Waals surface area contributed by atoms with E-state index in [0.29, 0.717) is 18.7 Å². The summed E-state index contributed by atoms with van der Waals surface area (Å²) in [6.07, 6.45) is -0.940. The molecule has 0 aromatic heterocycles. The van der Waals surface area contributed by atoms with Crippen molar-refractivity contribution >= 4 is 15.7 Å².